The molecule has 18 heavy (non-hydrogen) atoms. The molecular formula is C14H15ClN2O. The molecule has 0 aliphatic rings. The molecule has 0 aliphatic heterocycles. The predicted molar refractivity (Wildman–Crippen MR) is 74.1 cm³/mol. The van der Waals surface area contributed by atoms with Gasteiger partial charge in [0.15, 0.2) is 0 Å². The Labute approximate surface area is 111 Å². The molecule has 1 heterocycles. The van der Waals surface area contributed by atoms with Crippen LogP contribution in [0, 0.1) is 6.92 Å². The minimum atomic E-state index is 0.132. The van der Waals surface area contributed by atoms with Gasteiger partial charge in [-0.25, -0.2) is 4.98 Å². The monoisotopic (exact) mass is 262 g/mol. The number of anilines is 1. The molecule has 1 unspecified atom stereocenters. The summed E-state index contributed by atoms with van der Waals surface area (Å²) in [4.78, 5) is 4.10. The number of hydrogen-bond donors (Lipinski definition) is 2. The summed E-state index contributed by atoms with van der Waals surface area (Å²) >= 11 is 5.88. The number of aromatic nitrogens is 1. The normalized spacial score (nSPS) is 12.2. The van der Waals surface area contributed by atoms with Gasteiger partial charge in [0.25, 0.3) is 0 Å². The van der Waals surface area contributed by atoms with E-state index >= 15 is 0 Å². The number of benzene rings is 1. The maximum absolute atomic E-state index is 9.25. The largest absolute Gasteiger partial charge is 0.508 e. The average molecular weight is 263 g/mol. The van der Waals surface area contributed by atoms with Crippen molar-refractivity contribution in [3.63, 3.8) is 0 Å². The molecule has 3 nitrogen and oxygen atoms in total. The first kappa shape index (κ1) is 12.7. The number of rotatable bonds is 3. The fraction of sp³-hybridized carbons (Fsp3) is 0.214. The van der Waals surface area contributed by atoms with Crippen LogP contribution in [0.4, 0.5) is 5.69 Å². The molecule has 0 spiro atoms. The van der Waals surface area contributed by atoms with Crippen LogP contribution in [0.3, 0.4) is 0 Å². The standard InChI is InChI=1S/C14H15ClN2O/c1-9-7-12(8-16-14(9)15)17-10(2)11-3-5-13(18)6-4-11/h3-8,10,17-18H,1-2H3. The lowest BCUT2D eigenvalue weighted by Gasteiger charge is -2.16. The Bertz CT molecular complexity index is 540. The van der Waals surface area contributed by atoms with Crippen molar-refractivity contribution < 1.29 is 5.11 Å². The number of aromatic hydroxyl groups is 1. The Morgan fingerprint density at radius 3 is 2.56 bits per heavy atom. The highest BCUT2D eigenvalue weighted by Crippen LogP contribution is 2.22. The summed E-state index contributed by atoms with van der Waals surface area (Å²) in [6.07, 6.45) is 1.71. The lowest BCUT2D eigenvalue weighted by atomic mass is 10.1. The van der Waals surface area contributed by atoms with Gasteiger partial charge < -0.3 is 10.4 Å². The number of nitrogens with zero attached hydrogens (tertiary/aromatic N) is 1. The Balaban J connectivity index is 2.13. The Hall–Kier alpha value is -1.74. The quantitative estimate of drug-likeness (QED) is 0.824. The maximum Gasteiger partial charge on any atom is 0.132 e. The van der Waals surface area contributed by atoms with Crippen LogP contribution in [0.15, 0.2) is 36.5 Å². The zero-order chi connectivity index (χ0) is 13.1. The van der Waals surface area contributed by atoms with Gasteiger partial charge in [-0.05, 0) is 43.2 Å². The van der Waals surface area contributed by atoms with E-state index in [9.17, 15) is 5.11 Å². The molecule has 94 valence electrons. The molecule has 4 heteroatoms. The minimum absolute atomic E-state index is 0.132. The summed E-state index contributed by atoms with van der Waals surface area (Å²) in [6, 6.07) is 9.24. The summed E-state index contributed by atoms with van der Waals surface area (Å²) in [5.41, 5.74) is 2.97. The van der Waals surface area contributed by atoms with Crippen molar-refractivity contribution in [3.8, 4) is 5.75 Å². The second-order valence-electron chi connectivity index (χ2n) is 4.29. The van der Waals surface area contributed by atoms with E-state index in [4.69, 9.17) is 11.6 Å². The van der Waals surface area contributed by atoms with Crippen molar-refractivity contribution in [1.29, 1.82) is 0 Å². The molecule has 2 rings (SSSR count). The van der Waals surface area contributed by atoms with Gasteiger partial charge in [0, 0.05) is 6.04 Å². The number of halogens is 1. The zero-order valence-corrected chi connectivity index (χ0v) is 11.1. The van der Waals surface area contributed by atoms with Crippen molar-refractivity contribution in [2.45, 2.75) is 19.9 Å². The molecule has 1 aromatic carbocycles. The van der Waals surface area contributed by atoms with Gasteiger partial charge in [-0.1, -0.05) is 23.7 Å². The van der Waals surface area contributed by atoms with E-state index in [1.807, 2.05) is 25.1 Å². The second kappa shape index (κ2) is 5.27. The summed E-state index contributed by atoms with van der Waals surface area (Å²) in [5.74, 6) is 0.273. The first-order valence-electron chi connectivity index (χ1n) is 5.74. The SMILES string of the molecule is Cc1cc(NC(C)c2ccc(O)cc2)cnc1Cl. The maximum atomic E-state index is 9.25. The first-order chi connectivity index (χ1) is 8.56. The van der Waals surface area contributed by atoms with Crippen LogP contribution in [0.1, 0.15) is 24.1 Å². The number of pyridine rings is 1. The lowest BCUT2D eigenvalue weighted by Crippen LogP contribution is -2.06. The van der Waals surface area contributed by atoms with Gasteiger partial charge in [-0.15, -0.1) is 0 Å². The van der Waals surface area contributed by atoms with Crippen molar-refractivity contribution in [2.75, 3.05) is 5.32 Å². The molecule has 1 atom stereocenters. The average Bonchev–Trinajstić information content (AvgIpc) is 2.34. The Morgan fingerprint density at radius 1 is 1.28 bits per heavy atom. The fourth-order valence-electron chi connectivity index (χ4n) is 1.73. The van der Waals surface area contributed by atoms with E-state index in [0.717, 1.165) is 16.8 Å². The third-order valence-electron chi connectivity index (χ3n) is 2.79. The minimum Gasteiger partial charge on any atom is -0.508 e. The fourth-order valence-corrected chi connectivity index (χ4v) is 1.84. The van der Waals surface area contributed by atoms with E-state index in [1.54, 1.807) is 18.3 Å². The van der Waals surface area contributed by atoms with Crippen LogP contribution < -0.4 is 5.32 Å². The van der Waals surface area contributed by atoms with Gasteiger partial charge in [-0.3, -0.25) is 0 Å². The van der Waals surface area contributed by atoms with Gasteiger partial charge in [-0.2, -0.15) is 0 Å². The number of nitrogens with one attached hydrogen (secondary N) is 1. The zero-order valence-electron chi connectivity index (χ0n) is 10.3. The molecule has 0 saturated carbocycles. The van der Waals surface area contributed by atoms with Gasteiger partial charge in [0.05, 0.1) is 11.9 Å². The summed E-state index contributed by atoms with van der Waals surface area (Å²) in [7, 11) is 0. The van der Waals surface area contributed by atoms with Crippen LogP contribution in [0.2, 0.25) is 5.15 Å². The highest BCUT2D eigenvalue weighted by atomic mass is 35.5. The highest BCUT2D eigenvalue weighted by Gasteiger charge is 2.06. The summed E-state index contributed by atoms with van der Waals surface area (Å²) in [5, 5.41) is 13.1. The molecule has 0 bridgehead atoms. The van der Waals surface area contributed by atoms with Crippen molar-refractivity contribution >= 4 is 17.3 Å². The number of hydrogen-bond acceptors (Lipinski definition) is 3. The molecular weight excluding hydrogens is 248 g/mol. The molecule has 0 fully saturated rings. The van der Waals surface area contributed by atoms with Gasteiger partial charge >= 0.3 is 0 Å². The van der Waals surface area contributed by atoms with Crippen LogP contribution in [-0.4, -0.2) is 10.1 Å². The van der Waals surface area contributed by atoms with Crippen LogP contribution in [-0.2, 0) is 0 Å². The van der Waals surface area contributed by atoms with E-state index in [2.05, 4.69) is 17.2 Å². The molecule has 0 radical (unpaired) electrons. The van der Waals surface area contributed by atoms with Gasteiger partial charge in [0.2, 0.25) is 0 Å². The molecule has 2 N–H and O–H groups in total. The number of phenols is 1. The Kier molecular flexibility index (Phi) is 3.72. The van der Waals surface area contributed by atoms with Crippen LogP contribution in [0.25, 0.3) is 0 Å². The predicted octanol–water partition coefficient (Wildman–Crippen LogP) is 3.92. The second-order valence-corrected chi connectivity index (χ2v) is 4.65. The van der Waals surface area contributed by atoms with Gasteiger partial charge in [0.1, 0.15) is 10.9 Å². The van der Waals surface area contributed by atoms with Crippen LogP contribution in [0.5, 0.6) is 5.75 Å². The summed E-state index contributed by atoms with van der Waals surface area (Å²) < 4.78 is 0. The van der Waals surface area contributed by atoms with Crippen LogP contribution >= 0.6 is 11.6 Å². The molecule has 2 aromatic rings. The lowest BCUT2D eigenvalue weighted by molar-refractivity contribution is 0.475. The Morgan fingerprint density at radius 2 is 1.94 bits per heavy atom. The molecule has 1 aromatic heterocycles. The summed E-state index contributed by atoms with van der Waals surface area (Å²) in [6.45, 7) is 3.97. The smallest absolute Gasteiger partial charge is 0.132 e. The van der Waals surface area contributed by atoms with E-state index < -0.39 is 0 Å². The van der Waals surface area contributed by atoms with E-state index in [-0.39, 0.29) is 11.8 Å². The van der Waals surface area contributed by atoms with Crippen molar-refractivity contribution in [2.24, 2.45) is 0 Å². The third kappa shape index (κ3) is 2.93. The topological polar surface area (TPSA) is 45.1 Å². The number of phenolic OH excluding ortho intramolecular Hbond substituents is 1. The number of aryl methyl sites for hydroxylation is 1. The van der Waals surface area contributed by atoms with Crippen molar-refractivity contribution in [3.05, 3.63) is 52.8 Å². The molecule has 0 amide bonds. The molecule has 0 aliphatic carbocycles. The molecule has 0 saturated heterocycles. The third-order valence-corrected chi connectivity index (χ3v) is 3.19. The van der Waals surface area contributed by atoms with Crippen molar-refractivity contribution in [1.82, 2.24) is 4.98 Å². The van der Waals surface area contributed by atoms with E-state index in [1.165, 1.54) is 0 Å². The highest BCUT2D eigenvalue weighted by molar-refractivity contribution is 6.30. The van der Waals surface area contributed by atoms with E-state index in [0.29, 0.717) is 5.15 Å². The first-order valence-corrected chi connectivity index (χ1v) is 6.11.